The molecule has 0 aliphatic rings. The van der Waals surface area contributed by atoms with Crippen molar-refractivity contribution in [2.24, 2.45) is 0 Å². The molecule has 0 radical (unpaired) electrons. The third-order valence-electron chi connectivity index (χ3n) is 3.16. The molecule has 0 aromatic heterocycles. The Kier molecular flexibility index (Phi) is 6.96. The van der Waals surface area contributed by atoms with Gasteiger partial charge < -0.3 is 10.1 Å². The second-order valence-corrected chi connectivity index (χ2v) is 4.86. The molecule has 0 aliphatic carbocycles. The van der Waals surface area contributed by atoms with Crippen LogP contribution in [0.3, 0.4) is 0 Å². The van der Waals surface area contributed by atoms with E-state index in [2.05, 4.69) is 0 Å². The van der Waals surface area contributed by atoms with E-state index in [1.165, 1.54) is 30.0 Å². The summed E-state index contributed by atoms with van der Waals surface area (Å²) in [5, 5.41) is 10.0. The molecule has 1 aromatic rings. The van der Waals surface area contributed by atoms with E-state index in [4.69, 9.17) is 9.94 Å². The van der Waals surface area contributed by atoms with Crippen molar-refractivity contribution in [2.75, 3.05) is 7.11 Å². The van der Waals surface area contributed by atoms with Crippen LogP contribution in [0.1, 0.15) is 18.4 Å². The number of alkyl halides is 3. The topological polar surface area (TPSA) is 87.7 Å². The average Bonchev–Trinajstić information content (AvgIpc) is 2.52. The summed E-state index contributed by atoms with van der Waals surface area (Å²) in [7, 11) is 1.31. The number of carbonyl (C=O) groups is 2. The summed E-state index contributed by atoms with van der Waals surface area (Å²) in [4.78, 5) is 22.2. The highest BCUT2D eigenvalue weighted by Gasteiger charge is 2.40. The number of ether oxygens (including phenoxy) is 1. The first-order chi connectivity index (χ1) is 11.2. The maximum absolute atomic E-state index is 13.5. The Balaban J connectivity index is 2.64. The lowest BCUT2D eigenvalue weighted by Gasteiger charge is -2.17. The van der Waals surface area contributed by atoms with Crippen LogP contribution in [0.2, 0.25) is 0 Å². The van der Waals surface area contributed by atoms with Gasteiger partial charge >= 0.3 is 12.1 Å². The Labute approximate surface area is 134 Å². The molecule has 1 aromatic carbocycles. The zero-order valence-corrected chi connectivity index (χ0v) is 12.6. The zero-order valence-electron chi connectivity index (χ0n) is 12.6. The first-order valence-electron chi connectivity index (χ1n) is 6.83. The van der Waals surface area contributed by atoms with Crippen LogP contribution in [0.5, 0.6) is 5.75 Å². The standard InChI is InChI=1S/C14H16F4N2O4/c1-24-11-6-5-8(7-9(11)15)3-2-4-10(12(21)20-23)19-13(22)14(16,17)18/h5-7,10,23H,2-4H2,1H3,(H,19,22)(H,20,21)/t10-/m0/s1. The number of hydrogen-bond acceptors (Lipinski definition) is 4. The maximum Gasteiger partial charge on any atom is 0.471 e. The first kappa shape index (κ1) is 19.7. The molecule has 0 spiro atoms. The summed E-state index contributed by atoms with van der Waals surface area (Å²) < 4.78 is 54.9. The molecule has 24 heavy (non-hydrogen) atoms. The molecule has 0 heterocycles. The smallest absolute Gasteiger partial charge is 0.471 e. The van der Waals surface area contributed by atoms with Crippen molar-refractivity contribution >= 4 is 11.8 Å². The van der Waals surface area contributed by atoms with Gasteiger partial charge in [-0.25, -0.2) is 9.87 Å². The summed E-state index contributed by atoms with van der Waals surface area (Å²) >= 11 is 0. The predicted molar refractivity (Wildman–Crippen MR) is 73.8 cm³/mol. The second-order valence-electron chi connectivity index (χ2n) is 4.86. The largest absolute Gasteiger partial charge is 0.494 e. The number of hydroxylamine groups is 1. The van der Waals surface area contributed by atoms with Crippen molar-refractivity contribution in [3.05, 3.63) is 29.6 Å². The third-order valence-corrected chi connectivity index (χ3v) is 3.16. The number of halogens is 4. The highest BCUT2D eigenvalue weighted by molar-refractivity contribution is 5.89. The lowest BCUT2D eigenvalue weighted by molar-refractivity contribution is -0.175. The molecule has 3 N–H and O–H groups in total. The van der Waals surface area contributed by atoms with Gasteiger partial charge in [0, 0.05) is 0 Å². The van der Waals surface area contributed by atoms with Crippen LogP contribution in [-0.2, 0) is 16.0 Å². The van der Waals surface area contributed by atoms with Gasteiger partial charge in [-0.2, -0.15) is 13.2 Å². The van der Waals surface area contributed by atoms with Crippen molar-refractivity contribution in [3.63, 3.8) is 0 Å². The maximum atomic E-state index is 13.5. The van der Waals surface area contributed by atoms with Gasteiger partial charge in [-0.3, -0.25) is 14.8 Å². The van der Waals surface area contributed by atoms with E-state index in [0.717, 1.165) is 0 Å². The van der Waals surface area contributed by atoms with Crippen molar-refractivity contribution in [3.8, 4) is 5.75 Å². The Morgan fingerprint density at radius 2 is 2.00 bits per heavy atom. The van der Waals surface area contributed by atoms with Crippen LogP contribution >= 0.6 is 0 Å². The molecule has 0 aliphatic heterocycles. The van der Waals surface area contributed by atoms with Gasteiger partial charge in [-0.1, -0.05) is 6.07 Å². The van der Waals surface area contributed by atoms with Crippen LogP contribution in [0, 0.1) is 5.82 Å². The van der Waals surface area contributed by atoms with Crippen molar-refractivity contribution < 1.29 is 37.1 Å². The lowest BCUT2D eigenvalue weighted by Crippen LogP contribution is -2.50. The Hall–Kier alpha value is -2.36. The fourth-order valence-electron chi connectivity index (χ4n) is 1.96. The Morgan fingerprint density at radius 1 is 1.33 bits per heavy atom. The highest BCUT2D eigenvalue weighted by Crippen LogP contribution is 2.19. The number of methoxy groups -OCH3 is 1. The number of nitrogens with one attached hydrogen (secondary N) is 2. The molecule has 1 rings (SSSR count). The number of rotatable bonds is 7. The van der Waals surface area contributed by atoms with E-state index in [1.54, 1.807) is 6.07 Å². The van der Waals surface area contributed by atoms with E-state index in [9.17, 15) is 27.2 Å². The highest BCUT2D eigenvalue weighted by atomic mass is 19.4. The van der Waals surface area contributed by atoms with Crippen molar-refractivity contribution in [1.29, 1.82) is 0 Å². The predicted octanol–water partition coefficient (Wildman–Crippen LogP) is 1.71. The second kappa shape index (κ2) is 8.48. The summed E-state index contributed by atoms with van der Waals surface area (Å²) in [6, 6.07) is 2.60. The number of hydrogen-bond donors (Lipinski definition) is 3. The monoisotopic (exact) mass is 352 g/mol. The van der Waals surface area contributed by atoms with E-state index in [0.29, 0.717) is 5.56 Å². The average molecular weight is 352 g/mol. The van der Waals surface area contributed by atoms with Crippen LogP contribution in [0.4, 0.5) is 17.6 Å². The van der Waals surface area contributed by atoms with E-state index in [1.807, 2.05) is 0 Å². The number of amides is 2. The van der Waals surface area contributed by atoms with Gasteiger partial charge in [-0.05, 0) is 37.0 Å². The van der Waals surface area contributed by atoms with E-state index >= 15 is 0 Å². The summed E-state index contributed by atoms with van der Waals surface area (Å²) in [6.07, 6.45) is -4.91. The Morgan fingerprint density at radius 3 is 2.50 bits per heavy atom. The quantitative estimate of drug-likeness (QED) is 0.396. The van der Waals surface area contributed by atoms with Gasteiger partial charge in [0.25, 0.3) is 5.91 Å². The minimum Gasteiger partial charge on any atom is -0.494 e. The number of aryl methyl sites for hydroxylation is 1. The minimum absolute atomic E-state index is 0.0497. The minimum atomic E-state index is -5.15. The van der Waals surface area contributed by atoms with Crippen LogP contribution in [0.15, 0.2) is 18.2 Å². The molecule has 0 bridgehead atoms. The molecular formula is C14H16F4N2O4. The lowest BCUT2D eigenvalue weighted by atomic mass is 10.0. The number of carbonyl (C=O) groups excluding carboxylic acids is 2. The number of benzene rings is 1. The molecule has 0 unspecified atom stereocenters. The molecular weight excluding hydrogens is 336 g/mol. The fraction of sp³-hybridized carbons (Fsp3) is 0.429. The Bertz CT molecular complexity index is 593. The third kappa shape index (κ3) is 5.69. The molecule has 134 valence electrons. The first-order valence-corrected chi connectivity index (χ1v) is 6.83. The van der Waals surface area contributed by atoms with E-state index in [-0.39, 0.29) is 25.0 Å². The molecule has 2 amide bonds. The normalized spacial score (nSPS) is 12.4. The van der Waals surface area contributed by atoms with Gasteiger partial charge in [0.15, 0.2) is 11.6 Å². The molecule has 0 fully saturated rings. The summed E-state index contributed by atoms with van der Waals surface area (Å²) in [6.45, 7) is 0. The SMILES string of the molecule is COc1ccc(CCC[C@H](NC(=O)C(F)(F)F)C(=O)NO)cc1F. The molecule has 0 saturated carbocycles. The molecule has 6 nitrogen and oxygen atoms in total. The van der Waals surface area contributed by atoms with Crippen molar-refractivity contribution in [2.45, 2.75) is 31.5 Å². The molecule has 1 atom stereocenters. The molecule has 10 heteroatoms. The summed E-state index contributed by atoms with van der Waals surface area (Å²) in [5.41, 5.74) is 1.74. The van der Waals surface area contributed by atoms with Crippen LogP contribution in [0.25, 0.3) is 0 Å². The summed E-state index contributed by atoms with van der Waals surface area (Å²) in [5.74, 6) is -4.00. The molecule has 0 saturated heterocycles. The van der Waals surface area contributed by atoms with Crippen molar-refractivity contribution in [1.82, 2.24) is 10.8 Å². The van der Waals surface area contributed by atoms with E-state index < -0.39 is 29.8 Å². The van der Waals surface area contributed by atoms with Crippen LogP contribution < -0.4 is 15.5 Å². The zero-order chi connectivity index (χ0) is 18.3. The van der Waals surface area contributed by atoms with Gasteiger partial charge in [0.2, 0.25) is 0 Å². The van der Waals surface area contributed by atoms with Gasteiger partial charge in [-0.15, -0.1) is 0 Å². The fourth-order valence-corrected chi connectivity index (χ4v) is 1.96. The van der Waals surface area contributed by atoms with Crippen LogP contribution in [-0.4, -0.2) is 36.3 Å². The van der Waals surface area contributed by atoms with Gasteiger partial charge in [0.05, 0.1) is 7.11 Å². The van der Waals surface area contributed by atoms with Gasteiger partial charge in [0.1, 0.15) is 6.04 Å².